The molecular formula is C18H22ClNO5. The topological polar surface area (TPSA) is 84.9 Å². The fourth-order valence-electron chi connectivity index (χ4n) is 2.69. The van der Waals surface area contributed by atoms with Crippen molar-refractivity contribution in [2.45, 2.75) is 32.4 Å². The highest BCUT2D eigenvalue weighted by atomic mass is 35.5. The molecule has 2 rings (SSSR count). The summed E-state index contributed by atoms with van der Waals surface area (Å²) >= 11 is 6.17. The minimum Gasteiger partial charge on any atom is -0.478 e. The normalized spacial score (nSPS) is 17.3. The molecule has 0 saturated heterocycles. The molecule has 2 atom stereocenters. The van der Waals surface area contributed by atoms with Crippen LogP contribution in [0.4, 0.5) is 0 Å². The van der Waals surface area contributed by atoms with Crippen LogP contribution in [-0.2, 0) is 14.3 Å². The van der Waals surface area contributed by atoms with Crippen LogP contribution in [0.25, 0.3) is 6.08 Å². The van der Waals surface area contributed by atoms with E-state index in [2.05, 4.69) is 5.32 Å². The summed E-state index contributed by atoms with van der Waals surface area (Å²) in [5, 5.41) is 13.0. The lowest BCUT2D eigenvalue weighted by atomic mass is 9.99. The molecular weight excluding hydrogens is 346 g/mol. The zero-order chi connectivity index (χ0) is 18.6. The molecule has 1 heterocycles. The third-order valence-corrected chi connectivity index (χ3v) is 4.22. The van der Waals surface area contributed by atoms with Gasteiger partial charge in [0, 0.05) is 12.1 Å². The number of carbonyl (C=O) groups is 2. The highest BCUT2D eigenvalue weighted by molar-refractivity contribution is 6.32. The van der Waals surface area contributed by atoms with Crippen LogP contribution in [0.3, 0.4) is 0 Å². The molecule has 0 saturated carbocycles. The highest BCUT2D eigenvalue weighted by Crippen LogP contribution is 2.34. The predicted octanol–water partition coefficient (Wildman–Crippen LogP) is 2.75. The molecule has 2 N–H and O–H groups in total. The highest BCUT2D eigenvalue weighted by Gasteiger charge is 2.31. The molecule has 0 bridgehead atoms. The van der Waals surface area contributed by atoms with Gasteiger partial charge in [0.25, 0.3) is 0 Å². The Bertz CT molecular complexity index is 686. The number of carboxylic acids is 1. The standard InChI is InChI=1S/C18H22ClNO5/c1-10(2)7-14(18(23)24-3)20-9-11-8-12-13(19)5-4-6-15(12)25-16(11)17(21)22/h4-6,8,10,14,16,20H,7,9H2,1-3H3,(H,21,22)/t14-,16?/m0/s1. The maximum Gasteiger partial charge on any atom is 0.349 e. The van der Waals surface area contributed by atoms with Gasteiger partial charge in [-0.3, -0.25) is 4.79 Å². The second kappa shape index (κ2) is 8.36. The zero-order valence-corrected chi connectivity index (χ0v) is 15.2. The van der Waals surface area contributed by atoms with Crippen LogP contribution in [0, 0.1) is 5.92 Å². The van der Waals surface area contributed by atoms with E-state index in [0.717, 1.165) is 0 Å². The van der Waals surface area contributed by atoms with Crippen molar-refractivity contribution >= 4 is 29.6 Å². The van der Waals surface area contributed by atoms with E-state index in [4.69, 9.17) is 21.1 Å². The molecule has 0 spiro atoms. The molecule has 0 aliphatic carbocycles. The number of nitrogens with one attached hydrogen (secondary N) is 1. The van der Waals surface area contributed by atoms with E-state index in [9.17, 15) is 14.7 Å². The van der Waals surface area contributed by atoms with E-state index < -0.39 is 18.1 Å². The monoisotopic (exact) mass is 367 g/mol. The number of benzene rings is 1. The van der Waals surface area contributed by atoms with Crippen LogP contribution in [0.15, 0.2) is 23.8 Å². The van der Waals surface area contributed by atoms with Gasteiger partial charge in [-0.1, -0.05) is 31.5 Å². The first-order chi connectivity index (χ1) is 11.8. The number of hydrogen-bond acceptors (Lipinski definition) is 5. The number of carboxylic acid groups (broad SMARTS) is 1. The van der Waals surface area contributed by atoms with Crippen molar-refractivity contribution in [1.29, 1.82) is 0 Å². The number of rotatable bonds is 7. The number of hydrogen-bond donors (Lipinski definition) is 2. The third-order valence-electron chi connectivity index (χ3n) is 3.89. The average molecular weight is 368 g/mol. The maximum absolute atomic E-state index is 11.9. The van der Waals surface area contributed by atoms with E-state index in [1.807, 2.05) is 13.8 Å². The Morgan fingerprint density at radius 3 is 2.72 bits per heavy atom. The van der Waals surface area contributed by atoms with Crippen molar-refractivity contribution in [3.63, 3.8) is 0 Å². The molecule has 7 heteroatoms. The van der Waals surface area contributed by atoms with Crippen molar-refractivity contribution < 1.29 is 24.2 Å². The Kier molecular flexibility index (Phi) is 6.45. The van der Waals surface area contributed by atoms with E-state index in [1.165, 1.54) is 7.11 Å². The first kappa shape index (κ1) is 19.3. The van der Waals surface area contributed by atoms with Gasteiger partial charge in [-0.25, -0.2) is 4.79 Å². The summed E-state index contributed by atoms with van der Waals surface area (Å²) in [5.41, 5.74) is 1.13. The van der Waals surface area contributed by atoms with Crippen LogP contribution >= 0.6 is 11.6 Å². The van der Waals surface area contributed by atoms with Crippen LogP contribution in [0.2, 0.25) is 5.02 Å². The largest absolute Gasteiger partial charge is 0.478 e. The molecule has 1 aromatic rings. The Hall–Kier alpha value is -2.05. The lowest BCUT2D eigenvalue weighted by Crippen LogP contribution is -2.43. The van der Waals surface area contributed by atoms with Crippen molar-refractivity contribution in [3.8, 4) is 5.75 Å². The van der Waals surface area contributed by atoms with E-state index in [1.54, 1.807) is 24.3 Å². The van der Waals surface area contributed by atoms with Gasteiger partial charge in [-0.2, -0.15) is 0 Å². The number of carbonyl (C=O) groups excluding carboxylic acids is 1. The first-order valence-electron chi connectivity index (χ1n) is 8.03. The Morgan fingerprint density at radius 1 is 1.40 bits per heavy atom. The van der Waals surface area contributed by atoms with E-state index in [-0.39, 0.29) is 18.4 Å². The van der Waals surface area contributed by atoms with Crippen LogP contribution in [0.1, 0.15) is 25.8 Å². The SMILES string of the molecule is COC(=O)[C@H](CC(C)C)NCC1=Cc2c(Cl)cccc2OC1C(=O)O. The van der Waals surface area contributed by atoms with E-state index in [0.29, 0.717) is 28.3 Å². The summed E-state index contributed by atoms with van der Waals surface area (Å²) in [4.78, 5) is 23.5. The number of methoxy groups -OCH3 is 1. The second-order valence-electron chi connectivity index (χ2n) is 6.29. The minimum absolute atomic E-state index is 0.175. The zero-order valence-electron chi connectivity index (χ0n) is 14.4. The van der Waals surface area contributed by atoms with Crippen LogP contribution < -0.4 is 10.1 Å². The van der Waals surface area contributed by atoms with Crippen molar-refractivity contribution in [2.75, 3.05) is 13.7 Å². The van der Waals surface area contributed by atoms with Crippen molar-refractivity contribution in [2.24, 2.45) is 5.92 Å². The number of esters is 1. The smallest absolute Gasteiger partial charge is 0.349 e. The molecule has 0 fully saturated rings. The summed E-state index contributed by atoms with van der Waals surface area (Å²) in [5.74, 6) is -0.775. The number of halogens is 1. The Morgan fingerprint density at radius 2 is 2.12 bits per heavy atom. The summed E-state index contributed by atoms with van der Waals surface area (Å²) < 4.78 is 10.4. The van der Waals surface area contributed by atoms with E-state index >= 15 is 0 Å². The third kappa shape index (κ3) is 4.74. The molecule has 6 nitrogen and oxygen atoms in total. The molecule has 25 heavy (non-hydrogen) atoms. The van der Waals surface area contributed by atoms with Crippen molar-refractivity contribution in [3.05, 3.63) is 34.4 Å². The number of fused-ring (bicyclic) bond motifs is 1. The van der Waals surface area contributed by atoms with Gasteiger partial charge in [-0.05, 0) is 36.1 Å². The molecule has 0 amide bonds. The molecule has 1 aliphatic rings. The lowest BCUT2D eigenvalue weighted by molar-refractivity contribution is -0.143. The van der Waals surface area contributed by atoms with Gasteiger partial charge < -0.3 is 19.9 Å². The molecule has 1 unspecified atom stereocenters. The quantitative estimate of drug-likeness (QED) is 0.721. The second-order valence-corrected chi connectivity index (χ2v) is 6.70. The van der Waals surface area contributed by atoms with Gasteiger partial charge >= 0.3 is 11.9 Å². The molecule has 0 radical (unpaired) electrons. The lowest BCUT2D eigenvalue weighted by Gasteiger charge is -2.26. The van der Waals surface area contributed by atoms with Crippen LogP contribution in [0.5, 0.6) is 5.75 Å². The van der Waals surface area contributed by atoms with Crippen LogP contribution in [-0.4, -0.2) is 42.8 Å². The average Bonchev–Trinajstić information content (AvgIpc) is 2.57. The van der Waals surface area contributed by atoms with Gasteiger partial charge in [0.15, 0.2) is 0 Å². The first-order valence-corrected chi connectivity index (χ1v) is 8.41. The summed E-state index contributed by atoms with van der Waals surface area (Å²) in [6, 6.07) is 4.57. The molecule has 1 aromatic carbocycles. The van der Waals surface area contributed by atoms with Gasteiger partial charge in [0.1, 0.15) is 11.8 Å². The summed E-state index contributed by atoms with van der Waals surface area (Å²) in [6.07, 6.45) is 1.16. The Balaban J connectivity index is 2.23. The number of aliphatic carboxylic acids is 1. The van der Waals surface area contributed by atoms with Gasteiger partial charge in [0.05, 0.1) is 12.1 Å². The van der Waals surface area contributed by atoms with Gasteiger partial charge in [0.2, 0.25) is 6.10 Å². The predicted molar refractivity (Wildman–Crippen MR) is 94.7 cm³/mol. The summed E-state index contributed by atoms with van der Waals surface area (Å²) in [7, 11) is 1.33. The fraction of sp³-hybridized carbons (Fsp3) is 0.444. The molecule has 136 valence electrons. The van der Waals surface area contributed by atoms with Gasteiger partial charge in [-0.15, -0.1) is 0 Å². The fourth-order valence-corrected chi connectivity index (χ4v) is 2.91. The molecule has 0 aromatic heterocycles. The molecule has 1 aliphatic heterocycles. The van der Waals surface area contributed by atoms with Crippen molar-refractivity contribution in [1.82, 2.24) is 5.32 Å². The Labute approximate surface area is 151 Å². The number of ether oxygens (including phenoxy) is 2. The maximum atomic E-state index is 11.9. The minimum atomic E-state index is -1.13. The summed E-state index contributed by atoms with van der Waals surface area (Å²) in [6.45, 7) is 4.17.